The van der Waals surface area contributed by atoms with Crippen molar-refractivity contribution in [3.63, 3.8) is 0 Å². The van der Waals surface area contributed by atoms with Crippen molar-refractivity contribution < 1.29 is 22.4 Å². The maximum Gasteiger partial charge on any atom is 0.255 e. The summed E-state index contributed by atoms with van der Waals surface area (Å²) in [5.74, 6) is -0.933. The number of hydrogen-bond donors (Lipinski definition) is 0. The third-order valence-corrected chi connectivity index (χ3v) is 7.03. The predicted octanol–water partition coefficient (Wildman–Crippen LogP) is 1.93. The van der Waals surface area contributed by atoms with Gasteiger partial charge < -0.3 is 14.7 Å². The van der Waals surface area contributed by atoms with Gasteiger partial charge in [0.15, 0.2) is 0 Å². The van der Waals surface area contributed by atoms with E-state index in [4.69, 9.17) is 0 Å². The largest absolute Gasteiger partial charge is 0.368 e. The zero-order chi connectivity index (χ0) is 22.9. The highest BCUT2D eigenvalue weighted by molar-refractivity contribution is 7.90. The fourth-order valence-corrected chi connectivity index (χ4v) is 4.97. The number of fused-ring (bicyclic) bond motifs is 1. The van der Waals surface area contributed by atoms with Crippen LogP contribution in [-0.2, 0) is 21.2 Å². The van der Waals surface area contributed by atoms with Gasteiger partial charge in [0.2, 0.25) is 5.91 Å². The van der Waals surface area contributed by atoms with Gasteiger partial charge in [-0.25, -0.2) is 12.8 Å². The van der Waals surface area contributed by atoms with Crippen LogP contribution >= 0.6 is 0 Å². The maximum atomic E-state index is 13.5. The zero-order valence-corrected chi connectivity index (χ0v) is 18.7. The lowest BCUT2D eigenvalue weighted by Crippen LogP contribution is -2.55. The van der Waals surface area contributed by atoms with E-state index in [0.717, 1.165) is 17.5 Å². The number of hydrogen-bond acceptors (Lipinski definition) is 5. The lowest BCUT2D eigenvalue weighted by atomic mass is 10.1. The highest BCUT2D eigenvalue weighted by Gasteiger charge is 2.39. The number of halogens is 1. The summed E-state index contributed by atoms with van der Waals surface area (Å²) in [5.41, 5.74) is 2.29. The van der Waals surface area contributed by atoms with Crippen LogP contribution in [0.2, 0.25) is 0 Å². The molecule has 0 saturated carbocycles. The first-order chi connectivity index (χ1) is 15.2. The smallest absolute Gasteiger partial charge is 0.255 e. The van der Waals surface area contributed by atoms with Gasteiger partial charge in [0.1, 0.15) is 21.7 Å². The summed E-state index contributed by atoms with van der Waals surface area (Å²) in [4.78, 5) is 31.7. The van der Waals surface area contributed by atoms with Crippen LogP contribution < -0.4 is 4.90 Å². The molecule has 0 aliphatic carbocycles. The molecule has 9 heteroatoms. The van der Waals surface area contributed by atoms with Gasteiger partial charge in [-0.1, -0.05) is 18.2 Å². The molecule has 0 spiro atoms. The van der Waals surface area contributed by atoms with Crippen molar-refractivity contribution in [2.75, 3.05) is 43.1 Å². The molecule has 0 N–H and O–H groups in total. The van der Waals surface area contributed by atoms with Crippen LogP contribution in [0.25, 0.3) is 0 Å². The van der Waals surface area contributed by atoms with Crippen molar-refractivity contribution in [2.45, 2.75) is 19.0 Å². The van der Waals surface area contributed by atoms with Crippen LogP contribution in [-0.4, -0.2) is 74.3 Å². The number of piperazine rings is 1. The second kappa shape index (κ2) is 8.90. The van der Waals surface area contributed by atoms with Gasteiger partial charge in [-0.05, 0) is 42.3 Å². The van der Waals surface area contributed by atoms with Crippen molar-refractivity contribution in [3.8, 4) is 0 Å². The molecule has 2 aliphatic rings. The van der Waals surface area contributed by atoms with E-state index >= 15 is 0 Å². The van der Waals surface area contributed by atoms with E-state index in [2.05, 4.69) is 4.90 Å². The summed E-state index contributed by atoms with van der Waals surface area (Å²) in [6, 6.07) is 12.6. The summed E-state index contributed by atoms with van der Waals surface area (Å²) in [5, 5.41) is 0. The Morgan fingerprint density at radius 3 is 2.31 bits per heavy atom. The SMILES string of the molecule is CS(=O)(=O)CC[C@H](C(=O)N1CCN(c2ccc(F)cc2)CC1)N1Cc2ccccc2C1=O. The van der Waals surface area contributed by atoms with E-state index in [9.17, 15) is 22.4 Å². The molecule has 0 unspecified atom stereocenters. The van der Waals surface area contributed by atoms with E-state index in [1.165, 1.54) is 17.0 Å². The fourth-order valence-electron chi connectivity index (χ4n) is 4.31. The molecule has 32 heavy (non-hydrogen) atoms. The Morgan fingerprint density at radius 1 is 1.03 bits per heavy atom. The van der Waals surface area contributed by atoms with Crippen LogP contribution in [0.15, 0.2) is 48.5 Å². The molecule has 4 rings (SSSR count). The molecule has 2 amide bonds. The molecule has 0 aromatic heterocycles. The number of benzene rings is 2. The Morgan fingerprint density at radius 2 is 1.69 bits per heavy atom. The number of amides is 2. The van der Waals surface area contributed by atoms with E-state index in [1.807, 2.05) is 12.1 Å². The van der Waals surface area contributed by atoms with Crippen molar-refractivity contribution in [1.82, 2.24) is 9.80 Å². The lowest BCUT2D eigenvalue weighted by Gasteiger charge is -2.39. The third kappa shape index (κ3) is 4.77. The fraction of sp³-hybridized carbons (Fsp3) is 0.391. The summed E-state index contributed by atoms with van der Waals surface area (Å²) in [6.07, 6.45) is 1.20. The van der Waals surface area contributed by atoms with Gasteiger partial charge in [-0.15, -0.1) is 0 Å². The van der Waals surface area contributed by atoms with Gasteiger partial charge in [-0.2, -0.15) is 0 Å². The molecule has 2 aliphatic heterocycles. The van der Waals surface area contributed by atoms with Crippen LogP contribution in [0.1, 0.15) is 22.3 Å². The highest BCUT2D eigenvalue weighted by Crippen LogP contribution is 2.27. The van der Waals surface area contributed by atoms with Gasteiger partial charge in [0.25, 0.3) is 5.91 Å². The number of carbonyl (C=O) groups is 2. The van der Waals surface area contributed by atoms with Crippen molar-refractivity contribution in [3.05, 3.63) is 65.5 Å². The van der Waals surface area contributed by atoms with Crippen LogP contribution in [0.4, 0.5) is 10.1 Å². The molecule has 2 aromatic rings. The van der Waals surface area contributed by atoms with Gasteiger partial charge in [0.05, 0.1) is 5.75 Å². The Hall–Kier alpha value is -2.94. The quantitative estimate of drug-likeness (QED) is 0.660. The molecule has 7 nitrogen and oxygen atoms in total. The normalized spacial score (nSPS) is 17.4. The molecule has 0 radical (unpaired) electrons. The minimum absolute atomic E-state index is 0.0651. The van der Waals surface area contributed by atoms with Crippen molar-refractivity contribution >= 4 is 27.3 Å². The maximum absolute atomic E-state index is 13.5. The van der Waals surface area contributed by atoms with Crippen molar-refractivity contribution in [1.29, 1.82) is 0 Å². The molecule has 1 saturated heterocycles. The molecule has 0 bridgehead atoms. The number of sulfone groups is 1. The Bertz CT molecular complexity index is 1110. The predicted molar refractivity (Wildman–Crippen MR) is 120 cm³/mol. The second-order valence-corrected chi connectivity index (χ2v) is 10.6. The molecule has 2 aromatic carbocycles. The summed E-state index contributed by atoms with van der Waals surface area (Å²) < 4.78 is 36.8. The molecule has 2 heterocycles. The standard InChI is InChI=1S/C23H26FN3O4S/c1-32(30,31)15-10-21(27-16-17-4-2-3-5-20(17)22(27)28)23(29)26-13-11-25(12-14-26)19-8-6-18(24)7-9-19/h2-9,21H,10-16H2,1H3/t21-/m1/s1. The molecule has 1 atom stereocenters. The second-order valence-electron chi connectivity index (χ2n) is 8.31. The van der Waals surface area contributed by atoms with E-state index < -0.39 is 15.9 Å². The van der Waals surface area contributed by atoms with E-state index in [1.54, 1.807) is 29.2 Å². The average Bonchev–Trinajstić information content (AvgIpc) is 3.10. The number of carbonyl (C=O) groups excluding carboxylic acids is 2. The Balaban J connectivity index is 1.48. The minimum Gasteiger partial charge on any atom is -0.368 e. The van der Waals surface area contributed by atoms with Crippen LogP contribution in [0.3, 0.4) is 0 Å². The van der Waals surface area contributed by atoms with Crippen LogP contribution in [0, 0.1) is 5.82 Å². The first-order valence-corrected chi connectivity index (χ1v) is 12.6. The van der Waals surface area contributed by atoms with E-state index in [0.29, 0.717) is 38.3 Å². The van der Waals surface area contributed by atoms with Gasteiger partial charge in [-0.3, -0.25) is 9.59 Å². The summed E-state index contributed by atoms with van der Waals surface area (Å²) in [6.45, 7) is 2.33. The molecule has 170 valence electrons. The van der Waals surface area contributed by atoms with Crippen molar-refractivity contribution in [2.24, 2.45) is 0 Å². The molecular formula is C23H26FN3O4S. The average molecular weight is 460 g/mol. The Labute approximate surface area is 187 Å². The topological polar surface area (TPSA) is 78.0 Å². The molecular weight excluding hydrogens is 433 g/mol. The monoisotopic (exact) mass is 459 g/mol. The number of nitrogens with zero attached hydrogens (tertiary/aromatic N) is 3. The first kappa shape index (κ1) is 22.3. The van der Waals surface area contributed by atoms with Gasteiger partial charge in [0, 0.05) is 50.2 Å². The molecule has 1 fully saturated rings. The number of rotatable bonds is 6. The summed E-state index contributed by atoms with van der Waals surface area (Å²) >= 11 is 0. The van der Waals surface area contributed by atoms with Gasteiger partial charge >= 0.3 is 0 Å². The minimum atomic E-state index is -3.29. The van der Waals surface area contributed by atoms with E-state index in [-0.39, 0.29) is 29.8 Å². The first-order valence-electron chi connectivity index (χ1n) is 10.6. The lowest BCUT2D eigenvalue weighted by molar-refractivity contribution is -0.136. The number of anilines is 1. The highest BCUT2D eigenvalue weighted by atomic mass is 32.2. The zero-order valence-electron chi connectivity index (χ0n) is 17.9. The summed E-state index contributed by atoms with van der Waals surface area (Å²) in [7, 11) is -3.29. The van der Waals surface area contributed by atoms with Crippen LogP contribution in [0.5, 0.6) is 0 Å². The Kier molecular flexibility index (Phi) is 6.19. The third-order valence-electron chi connectivity index (χ3n) is 6.06.